The van der Waals surface area contributed by atoms with Crippen LogP contribution in [0.15, 0.2) is 18.2 Å². The van der Waals surface area contributed by atoms with Crippen molar-refractivity contribution in [3.05, 3.63) is 23.8 Å². The van der Waals surface area contributed by atoms with Crippen molar-refractivity contribution in [2.75, 3.05) is 26.1 Å². The average Bonchev–Trinajstić information content (AvgIpc) is 2.16. The van der Waals surface area contributed by atoms with Crippen LogP contribution in [0.5, 0.6) is 5.75 Å². The minimum Gasteiger partial charge on any atom is -0.496 e. The molecule has 0 atom stereocenters. The summed E-state index contributed by atoms with van der Waals surface area (Å²) in [7, 11) is 5.36. The lowest BCUT2D eigenvalue weighted by atomic mass is 10.1. The number of rotatable bonds is 4. The minimum absolute atomic E-state index is 0.0230. The van der Waals surface area contributed by atoms with Crippen LogP contribution in [-0.2, 0) is 11.2 Å². The molecule has 0 bridgehead atoms. The lowest BCUT2D eigenvalue weighted by Crippen LogP contribution is -2.10. The number of anilines is 1. The first kappa shape index (κ1) is 11.4. The van der Waals surface area contributed by atoms with Gasteiger partial charge in [-0.2, -0.15) is 0 Å². The first-order chi connectivity index (χ1) is 7.04. The largest absolute Gasteiger partial charge is 0.496 e. The van der Waals surface area contributed by atoms with Crippen molar-refractivity contribution in [3.8, 4) is 5.75 Å². The maximum absolute atomic E-state index is 10.6. The molecule has 0 amide bonds. The van der Waals surface area contributed by atoms with Crippen LogP contribution in [-0.4, -0.2) is 32.3 Å². The number of ether oxygens (including phenoxy) is 1. The molecule has 0 saturated carbocycles. The highest BCUT2D eigenvalue weighted by Gasteiger charge is 2.09. The number of hydrogen-bond donors (Lipinski definition) is 1. The summed E-state index contributed by atoms with van der Waals surface area (Å²) in [4.78, 5) is 12.6. The van der Waals surface area contributed by atoms with Crippen LogP contribution >= 0.6 is 0 Å². The minimum atomic E-state index is -0.857. The van der Waals surface area contributed by atoms with Gasteiger partial charge in [0.2, 0.25) is 0 Å². The Morgan fingerprint density at radius 3 is 2.60 bits per heavy atom. The summed E-state index contributed by atoms with van der Waals surface area (Å²) in [5.41, 5.74) is 1.66. The first-order valence-corrected chi connectivity index (χ1v) is 4.60. The summed E-state index contributed by atoms with van der Waals surface area (Å²) in [6, 6.07) is 5.50. The lowest BCUT2D eigenvalue weighted by molar-refractivity contribution is -0.136. The third kappa shape index (κ3) is 2.87. The van der Waals surface area contributed by atoms with Crippen LogP contribution in [0.4, 0.5) is 5.69 Å². The van der Waals surface area contributed by atoms with E-state index < -0.39 is 5.97 Å². The second-order valence-corrected chi connectivity index (χ2v) is 3.46. The molecule has 0 spiro atoms. The molecule has 0 radical (unpaired) electrons. The fraction of sp³-hybridized carbons (Fsp3) is 0.364. The number of benzene rings is 1. The summed E-state index contributed by atoms with van der Waals surface area (Å²) in [5, 5.41) is 8.75. The van der Waals surface area contributed by atoms with Gasteiger partial charge in [-0.15, -0.1) is 0 Å². The predicted octanol–water partition coefficient (Wildman–Crippen LogP) is 1.39. The normalized spacial score (nSPS) is 9.80. The van der Waals surface area contributed by atoms with E-state index in [9.17, 15) is 4.79 Å². The van der Waals surface area contributed by atoms with Gasteiger partial charge in [0.25, 0.3) is 0 Å². The molecule has 0 unspecified atom stereocenters. The summed E-state index contributed by atoms with van der Waals surface area (Å²) in [6.07, 6.45) is -0.0230. The molecule has 15 heavy (non-hydrogen) atoms. The fourth-order valence-corrected chi connectivity index (χ4v) is 1.34. The predicted molar refractivity (Wildman–Crippen MR) is 58.7 cm³/mol. The first-order valence-electron chi connectivity index (χ1n) is 4.60. The number of nitrogens with zero attached hydrogens (tertiary/aromatic N) is 1. The van der Waals surface area contributed by atoms with E-state index >= 15 is 0 Å². The highest BCUT2D eigenvalue weighted by atomic mass is 16.5. The van der Waals surface area contributed by atoms with E-state index in [2.05, 4.69) is 0 Å². The number of aliphatic carboxylic acids is 1. The number of methoxy groups -OCH3 is 1. The van der Waals surface area contributed by atoms with E-state index in [-0.39, 0.29) is 6.42 Å². The molecular formula is C11H15NO3. The molecule has 0 aliphatic rings. The van der Waals surface area contributed by atoms with Gasteiger partial charge in [-0.25, -0.2) is 0 Å². The molecule has 0 aliphatic heterocycles. The van der Waals surface area contributed by atoms with Gasteiger partial charge < -0.3 is 14.7 Å². The van der Waals surface area contributed by atoms with Gasteiger partial charge in [-0.05, 0) is 18.2 Å². The maximum Gasteiger partial charge on any atom is 0.307 e. The molecule has 1 N–H and O–H groups in total. The Bertz CT molecular complexity index is 361. The summed E-state index contributed by atoms with van der Waals surface area (Å²) in [6.45, 7) is 0. The molecule has 1 rings (SSSR count). The van der Waals surface area contributed by atoms with Crippen molar-refractivity contribution in [1.29, 1.82) is 0 Å². The highest BCUT2D eigenvalue weighted by Crippen LogP contribution is 2.24. The van der Waals surface area contributed by atoms with Crippen molar-refractivity contribution in [1.82, 2.24) is 0 Å². The Kier molecular flexibility index (Phi) is 3.55. The van der Waals surface area contributed by atoms with E-state index in [1.165, 1.54) is 7.11 Å². The van der Waals surface area contributed by atoms with Crippen molar-refractivity contribution in [3.63, 3.8) is 0 Å². The smallest absolute Gasteiger partial charge is 0.307 e. The van der Waals surface area contributed by atoms with Crippen molar-refractivity contribution < 1.29 is 14.6 Å². The van der Waals surface area contributed by atoms with Crippen LogP contribution in [0.1, 0.15) is 5.56 Å². The molecule has 1 aromatic rings. The van der Waals surface area contributed by atoms with Crippen LogP contribution < -0.4 is 9.64 Å². The molecular weight excluding hydrogens is 194 g/mol. The molecule has 4 heteroatoms. The van der Waals surface area contributed by atoms with E-state index in [0.29, 0.717) is 11.3 Å². The van der Waals surface area contributed by atoms with Gasteiger partial charge in [-0.3, -0.25) is 4.79 Å². The van der Waals surface area contributed by atoms with E-state index in [1.807, 2.05) is 31.1 Å². The molecule has 0 saturated heterocycles. The van der Waals surface area contributed by atoms with Crippen molar-refractivity contribution in [2.45, 2.75) is 6.42 Å². The number of carbonyl (C=O) groups is 1. The molecule has 82 valence electrons. The fourth-order valence-electron chi connectivity index (χ4n) is 1.34. The van der Waals surface area contributed by atoms with Gasteiger partial charge in [-0.1, -0.05) is 0 Å². The number of hydrogen-bond acceptors (Lipinski definition) is 3. The molecule has 0 fully saturated rings. The van der Waals surface area contributed by atoms with Gasteiger partial charge in [0.05, 0.1) is 13.5 Å². The third-order valence-corrected chi connectivity index (χ3v) is 2.12. The summed E-state index contributed by atoms with van der Waals surface area (Å²) in [5.74, 6) is -0.243. The molecule has 1 aromatic carbocycles. The second kappa shape index (κ2) is 4.68. The SMILES string of the molecule is COc1ccc(N(C)C)cc1CC(=O)O. The van der Waals surface area contributed by atoms with Gasteiger partial charge in [0, 0.05) is 25.3 Å². The summed E-state index contributed by atoms with van der Waals surface area (Å²) < 4.78 is 5.10. The van der Waals surface area contributed by atoms with Crippen LogP contribution in [0.3, 0.4) is 0 Å². The van der Waals surface area contributed by atoms with Crippen LogP contribution in [0, 0.1) is 0 Å². The van der Waals surface area contributed by atoms with E-state index in [4.69, 9.17) is 9.84 Å². The monoisotopic (exact) mass is 209 g/mol. The lowest BCUT2D eigenvalue weighted by Gasteiger charge is -2.15. The standard InChI is InChI=1S/C11H15NO3/c1-12(2)9-4-5-10(15-3)8(6-9)7-11(13)14/h4-6H,7H2,1-3H3,(H,13,14). The Balaban J connectivity index is 3.07. The van der Waals surface area contributed by atoms with Gasteiger partial charge in [0.15, 0.2) is 0 Å². The maximum atomic E-state index is 10.6. The Morgan fingerprint density at radius 1 is 1.47 bits per heavy atom. The van der Waals surface area contributed by atoms with Crippen LogP contribution in [0.2, 0.25) is 0 Å². The highest BCUT2D eigenvalue weighted by molar-refractivity contribution is 5.72. The third-order valence-electron chi connectivity index (χ3n) is 2.12. The Hall–Kier alpha value is -1.71. The molecule has 4 nitrogen and oxygen atoms in total. The molecule has 0 heterocycles. The Morgan fingerprint density at radius 2 is 2.13 bits per heavy atom. The summed E-state index contributed by atoms with van der Waals surface area (Å²) >= 11 is 0. The topological polar surface area (TPSA) is 49.8 Å². The van der Waals surface area contributed by atoms with Crippen molar-refractivity contribution >= 4 is 11.7 Å². The van der Waals surface area contributed by atoms with Gasteiger partial charge in [0.1, 0.15) is 5.75 Å². The molecule has 0 aliphatic carbocycles. The second-order valence-electron chi connectivity index (χ2n) is 3.46. The molecule has 0 aromatic heterocycles. The number of carboxylic acid groups (broad SMARTS) is 1. The van der Waals surface area contributed by atoms with E-state index in [0.717, 1.165) is 5.69 Å². The average molecular weight is 209 g/mol. The zero-order chi connectivity index (χ0) is 11.4. The van der Waals surface area contributed by atoms with Gasteiger partial charge >= 0.3 is 5.97 Å². The Labute approximate surface area is 89.1 Å². The number of carboxylic acids is 1. The zero-order valence-electron chi connectivity index (χ0n) is 9.15. The van der Waals surface area contributed by atoms with Crippen LogP contribution in [0.25, 0.3) is 0 Å². The zero-order valence-corrected chi connectivity index (χ0v) is 9.15. The van der Waals surface area contributed by atoms with Crippen molar-refractivity contribution in [2.24, 2.45) is 0 Å². The quantitative estimate of drug-likeness (QED) is 0.814. The van der Waals surface area contributed by atoms with E-state index in [1.54, 1.807) is 6.07 Å².